The third-order valence-electron chi connectivity index (χ3n) is 3.95. The molecule has 0 saturated carbocycles. The Balaban J connectivity index is 1.48. The van der Waals surface area contributed by atoms with Gasteiger partial charge in [0, 0.05) is 12.1 Å². The minimum Gasteiger partial charge on any atom is -0.492 e. The van der Waals surface area contributed by atoms with Crippen molar-refractivity contribution in [2.75, 3.05) is 20.2 Å². The van der Waals surface area contributed by atoms with Crippen LogP contribution in [0.2, 0.25) is 0 Å². The molecule has 1 aromatic heterocycles. The summed E-state index contributed by atoms with van der Waals surface area (Å²) in [6.45, 7) is 6.09. The van der Waals surface area contributed by atoms with E-state index in [1.807, 2.05) is 55.6 Å². The standard InChI is InChI=1S/C20H23N3O2/c1-15-4-8-17(9-5-15)20-21-19(25-22-20)14-23(3)12-13-24-18-10-6-16(2)7-11-18/h4-11H,12-14H2,1-3H3. The first-order chi connectivity index (χ1) is 12.1. The fourth-order valence-corrected chi connectivity index (χ4v) is 2.40. The Bertz CT molecular complexity index is 795. The SMILES string of the molecule is Cc1ccc(OCCN(C)Cc2nc(-c3ccc(C)cc3)no2)cc1. The summed E-state index contributed by atoms with van der Waals surface area (Å²) in [4.78, 5) is 6.56. The maximum absolute atomic E-state index is 5.75. The van der Waals surface area contributed by atoms with Gasteiger partial charge >= 0.3 is 0 Å². The highest BCUT2D eigenvalue weighted by Gasteiger charge is 2.10. The van der Waals surface area contributed by atoms with Crippen LogP contribution in [-0.2, 0) is 6.54 Å². The number of rotatable bonds is 7. The smallest absolute Gasteiger partial charge is 0.241 e. The molecule has 2 aromatic carbocycles. The molecule has 0 N–H and O–H groups in total. The fourth-order valence-electron chi connectivity index (χ4n) is 2.40. The lowest BCUT2D eigenvalue weighted by molar-refractivity contribution is 0.213. The zero-order valence-corrected chi connectivity index (χ0v) is 14.9. The highest BCUT2D eigenvalue weighted by molar-refractivity contribution is 5.54. The fraction of sp³-hybridized carbons (Fsp3) is 0.300. The van der Waals surface area contributed by atoms with E-state index in [2.05, 4.69) is 28.9 Å². The van der Waals surface area contributed by atoms with Gasteiger partial charge in [0.15, 0.2) is 0 Å². The lowest BCUT2D eigenvalue weighted by atomic mass is 10.1. The summed E-state index contributed by atoms with van der Waals surface area (Å²) in [5, 5.41) is 4.06. The van der Waals surface area contributed by atoms with Gasteiger partial charge < -0.3 is 9.26 Å². The molecule has 3 rings (SSSR count). The van der Waals surface area contributed by atoms with Crippen LogP contribution in [0, 0.1) is 13.8 Å². The molecule has 1 heterocycles. The van der Waals surface area contributed by atoms with Crippen molar-refractivity contribution in [2.45, 2.75) is 20.4 Å². The molecule has 0 spiro atoms. The van der Waals surface area contributed by atoms with Crippen molar-refractivity contribution in [3.63, 3.8) is 0 Å². The van der Waals surface area contributed by atoms with Crippen LogP contribution in [0.3, 0.4) is 0 Å². The Morgan fingerprint density at radius 2 is 1.60 bits per heavy atom. The Hall–Kier alpha value is -2.66. The number of hydrogen-bond acceptors (Lipinski definition) is 5. The highest BCUT2D eigenvalue weighted by atomic mass is 16.5. The summed E-state index contributed by atoms with van der Waals surface area (Å²) in [6, 6.07) is 16.2. The van der Waals surface area contributed by atoms with E-state index in [-0.39, 0.29) is 0 Å². The number of hydrogen-bond donors (Lipinski definition) is 0. The van der Waals surface area contributed by atoms with E-state index in [9.17, 15) is 0 Å². The Labute approximate surface area is 148 Å². The lowest BCUT2D eigenvalue weighted by Crippen LogP contribution is -2.24. The van der Waals surface area contributed by atoms with Crippen molar-refractivity contribution in [1.29, 1.82) is 0 Å². The molecule has 5 nitrogen and oxygen atoms in total. The van der Waals surface area contributed by atoms with Gasteiger partial charge in [-0.25, -0.2) is 0 Å². The van der Waals surface area contributed by atoms with Gasteiger partial charge in [-0.1, -0.05) is 52.7 Å². The van der Waals surface area contributed by atoms with Crippen LogP contribution in [0.4, 0.5) is 0 Å². The van der Waals surface area contributed by atoms with Gasteiger partial charge in [-0.3, -0.25) is 4.90 Å². The Kier molecular flexibility index (Phi) is 5.46. The van der Waals surface area contributed by atoms with Crippen LogP contribution in [0.25, 0.3) is 11.4 Å². The van der Waals surface area contributed by atoms with Crippen LogP contribution in [0.5, 0.6) is 5.75 Å². The zero-order chi connectivity index (χ0) is 17.6. The van der Waals surface area contributed by atoms with Gasteiger partial charge in [0.25, 0.3) is 0 Å². The summed E-state index contributed by atoms with van der Waals surface area (Å²) in [7, 11) is 2.01. The molecular weight excluding hydrogens is 314 g/mol. The quantitative estimate of drug-likeness (QED) is 0.655. The number of nitrogens with zero attached hydrogens (tertiary/aromatic N) is 3. The summed E-state index contributed by atoms with van der Waals surface area (Å²) >= 11 is 0. The first-order valence-corrected chi connectivity index (χ1v) is 8.38. The van der Waals surface area contributed by atoms with Gasteiger partial charge in [-0.05, 0) is 33.0 Å². The van der Waals surface area contributed by atoms with E-state index in [0.717, 1.165) is 17.9 Å². The van der Waals surface area contributed by atoms with Gasteiger partial charge in [0.1, 0.15) is 12.4 Å². The molecule has 0 bridgehead atoms. The van der Waals surface area contributed by atoms with Crippen molar-refractivity contribution in [3.8, 4) is 17.1 Å². The summed E-state index contributed by atoms with van der Waals surface area (Å²) in [6.07, 6.45) is 0. The molecule has 0 aliphatic carbocycles. The zero-order valence-electron chi connectivity index (χ0n) is 14.9. The predicted octanol–water partition coefficient (Wildman–Crippen LogP) is 3.86. The topological polar surface area (TPSA) is 51.4 Å². The van der Waals surface area contributed by atoms with Crippen molar-refractivity contribution >= 4 is 0 Å². The summed E-state index contributed by atoms with van der Waals surface area (Å²) in [5.41, 5.74) is 3.40. The van der Waals surface area contributed by atoms with Crippen molar-refractivity contribution in [2.24, 2.45) is 0 Å². The van der Waals surface area contributed by atoms with Crippen LogP contribution in [0.15, 0.2) is 53.1 Å². The van der Waals surface area contributed by atoms with Crippen LogP contribution in [0.1, 0.15) is 17.0 Å². The first-order valence-electron chi connectivity index (χ1n) is 8.38. The van der Waals surface area contributed by atoms with Crippen LogP contribution < -0.4 is 4.74 Å². The highest BCUT2D eigenvalue weighted by Crippen LogP contribution is 2.17. The molecule has 0 unspecified atom stereocenters. The molecule has 0 atom stereocenters. The maximum atomic E-state index is 5.75. The van der Waals surface area contributed by atoms with Gasteiger partial charge in [-0.15, -0.1) is 0 Å². The van der Waals surface area contributed by atoms with Gasteiger partial charge in [0.2, 0.25) is 11.7 Å². The number of likely N-dealkylation sites (N-methyl/N-ethyl adjacent to an activating group) is 1. The van der Waals surface area contributed by atoms with Crippen molar-refractivity contribution < 1.29 is 9.26 Å². The summed E-state index contributed by atoms with van der Waals surface area (Å²) in [5.74, 6) is 2.12. The van der Waals surface area contributed by atoms with Gasteiger partial charge in [-0.2, -0.15) is 4.98 Å². The number of ether oxygens (including phenoxy) is 1. The lowest BCUT2D eigenvalue weighted by Gasteiger charge is -2.14. The predicted molar refractivity (Wildman–Crippen MR) is 97.5 cm³/mol. The second-order valence-corrected chi connectivity index (χ2v) is 6.28. The minimum atomic E-state index is 0.593. The monoisotopic (exact) mass is 337 g/mol. The molecule has 0 saturated heterocycles. The molecule has 3 aromatic rings. The number of benzene rings is 2. The molecule has 130 valence electrons. The maximum Gasteiger partial charge on any atom is 0.241 e. The Morgan fingerprint density at radius 1 is 0.960 bits per heavy atom. The molecule has 0 amide bonds. The van der Waals surface area contributed by atoms with E-state index < -0.39 is 0 Å². The average Bonchev–Trinajstić information content (AvgIpc) is 3.06. The van der Waals surface area contributed by atoms with E-state index in [1.54, 1.807) is 0 Å². The molecule has 0 radical (unpaired) electrons. The third-order valence-corrected chi connectivity index (χ3v) is 3.95. The van der Waals surface area contributed by atoms with Crippen molar-refractivity contribution in [1.82, 2.24) is 15.0 Å². The minimum absolute atomic E-state index is 0.593. The van der Waals surface area contributed by atoms with E-state index >= 15 is 0 Å². The van der Waals surface area contributed by atoms with E-state index in [1.165, 1.54) is 11.1 Å². The molecule has 5 heteroatoms. The molecule has 25 heavy (non-hydrogen) atoms. The van der Waals surface area contributed by atoms with Gasteiger partial charge in [0.05, 0.1) is 6.54 Å². The molecule has 0 aliphatic rings. The molecule has 0 fully saturated rings. The molecular formula is C20H23N3O2. The number of aromatic nitrogens is 2. The normalized spacial score (nSPS) is 11.0. The van der Waals surface area contributed by atoms with Crippen molar-refractivity contribution in [3.05, 3.63) is 65.5 Å². The average molecular weight is 337 g/mol. The van der Waals surface area contributed by atoms with Crippen LogP contribution in [-0.4, -0.2) is 35.2 Å². The summed E-state index contributed by atoms with van der Waals surface area (Å²) < 4.78 is 11.1. The molecule has 0 aliphatic heterocycles. The Morgan fingerprint density at radius 3 is 2.28 bits per heavy atom. The first kappa shape index (κ1) is 17.2. The second kappa shape index (κ2) is 7.94. The second-order valence-electron chi connectivity index (χ2n) is 6.28. The van der Waals surface area contributed by atoms with E-state index in [0.29, 0.717) is 24.9 Å². The van der Waals surface area contributed by atoms with E-state index in [4.69, 9.17) is 9.26 Å². The largest absolute Gasteiger partial charge is 0.492 e. The van der Waals surface area contributed by atoms with Crippen LogP contribution >= 0.6 is 0 Å². The third kappa shape index (κ3) is 4.90. The number of aryl methyl sites for hydroxylation is 2.